The lowest BCUT2D eigenvalue weighted by Crippen LogP contribution is -2.20. The van der Waals surface area contributed by atoms with E-state index >= 15 is 0 Å². The average molecular weight is 299 g/mol. The number of methoxy groups -OCH3 is 1. The monoisotopic (exact) mass is 299 g/mol. The highest BCUT2D eigenvalue weighted by molar-refractivity contribution is 5.91. The zero-order valence-electron chi connectivity index (χ0n) is 12.1. The Labute approximate surface area is 128 Å². The summed E-state index contributed by atoms with van der Waals surface area (Å²) in [5, 5.41) is 21.3. The Morgan fingerprint density at radius 2 is 1.86 bits per heavy atom. The van der Waals surface area contributed by atoms with Crippen molar-refractivity contribution in [3.05, 3.63) is 59.7 Å². The highest BCUT2D eigenvalue weighted by atomic mass is 16.5. The van der Waals surface area contributed by atoms with E-state index in [2.05, 4.69) is 5.32 Å². The van der Waals surface area contributed by atoms with E-state index in [9.17, 15) is 15.0 Å². The molecule has 5 heteroatoms. The van der Waals surface area contributed by atoms with Gasteiger partial charge in [-0.15, -0.1) is 0 Å². The lowest BCUT2D eigenvalue weighted by atomic mass is 10.2. The fourth-order valence-electron chi connectivity index (χ4n) is 1.81. The Kier molecular flexibility index (Phi) is 5.03. The minimum atomic E-state index is -0.247. The van der Waals surface area contributed by atoms with Crippen molar-refractivity contribution in [1.82, 2.24) is 5.32 Å². The summed E-state index contributed by atoms with van der Waals surface area (Å²) in [5.41, 5.74) is 1.58. The van der Waals surface area contributed by atoms with E-state index in [1.54, 1.807) is 19.3 Å². The summed E-state index contributed by atoms with van der Waals surface area (Å²) in [6, 6.07) is 11.8. The first kappa shape index (κ1) is 15.4. The molecule has 0 heterocycles. The molecule has 5 nitrogen and oxygen atoms in total. The standard InChI is InChI=1S/C17H17NO4/c1-22-14-6-2-13(3-7-14)11-18-17(21)9-5-12-4-8-15(19)16(20)10-12/h2-10,19-20H,11H2,1H3,(H,18,21)/b9-5+. The molecule has 0 radical (unpaired) electrons. The van der Waals surface area contributed by atoms with Gasteiger partial charge in [-0.25, -0.2) is 0 Å². The smallest absolute Gasteiger partial charge is 0.244 e. The first-order valence-electron chi connectivity index (χ1n) is 6.69. The van der Waals surface area contributed by atoms with Crippen LogP contribution in [0.1, 0.15) is 11.1 Å². The van der Waals surface area contributed by atoms with Crippen molar-refractivity contribution >= 4 is 12.0 Å². The number of hydrogen-bond donors (Lipinski definition) is 3. The zero-order valence-corrected chi connectivity index (χ0v) is 12.1. The molecule has 0 fully saturated rings. The van der Waals surface area contributed by atoms with Crippen molar-refractivity contribution in [1.29, 1.82) is 0 Å². The lowest BCUT2D eigenvalue weighted by Gasteiger charge is -2.04. The molecule has 2 aromatic carbocycles. The van der Waals surface area contributed by atoms with Crippen molar-refractivity contribution in [3.63, 3.8) is 0 Å². The van der Waals surface area contributed by atoms with Crippen LogP contribution in [0.3, 0.4) is 0 Å². The fourth-order valence-corrected chi connectivity index (χ4v) is 1.81. The molecular weight excluding hydrogens is 282 g/mol. The van der Waals surface area contributed by atoms with Crippen molar-refractivity contribution in [3.8, 4) is 17.2 Å². The van der Waals surface area contributed by atoms with Crippen LogP contribution >= 0.6 is 0 Å². The van der Waals surface area contributed by atoms with Crippen molar-refractivity contribution in [2.45, 2.75) is 6.54 Å². The first-order valence-corrected chi connectivity index (χ1v) is 6.69. The molecule has 0 atom stereocenters. The van der Waals surface area contributed by atoms with E-state index in [0.29, 0.717) is 12.1 Å². The van der Waals surface area contributed by atoms with Gasteiger partial charge in [0.1, 0.15) is 5.75 Å². The Balaban J connectivity index is 1.89. The van der Waals surface area contributed by atoms with Gasteiger partial charge < -0.3 is 20.3 Å². The van der Waals surface area contributed by atoms with Crippen LogP contribution in [0.25, 0.3) is 6.08 Å². The number of phenolic OH excluding ortho intramolecular Hbond substituents is 2. The van der Waals surface area contributed by atoms with Gasteiger partial charge in [0, 0.05) is 12.6 Å². The third kappa shape index (κ3) is 4.28. The van der Waals surface area contributed by atoms with Crippen molar-refractivity contribution in [2.75, 3.05) is 7.11 Å². The van der Waals surface area contributed by atoms with Crippen LogP contribution in [0.2, 0.25) is 0 Å². The first-order chi connectivity index (χ1) is 10.6. The predicted molar refractivity (Wildman–Crippen MR) is 83.6 cm³/mol. The molecule has 2 rings (SSSR count). The maximum absolute atomic E-state index is 11.7. The Morgan fingerprint density at radius 1 is 1.14 bits per heavy atom. The van der Waals surface area contributed by atoms with Gasteiger partial charge in [0.25, 0.3) is 0 Å². The zero-order chi connectivity index (χ0) is 15.9. The van der Waals surface area contributed by atoms with Crippen LogP contribution in [0.15, 0.2) is 48.5 Å². The second-order valence-electron chi connectivity index (χ2n) is 4.65. The Morgan fingerprint density at radius 3 is 2.50 bits per heavy atom. The van der Waals surface area contributed by atoms with Gasteiger partial charge in [0.15, 0.2) is 11.5 Å². The number of amides is 1. The van der Waals surface area contributed by atoms with Gasteiger partial charge in [0.2, 0.25) is 5.91 Å². The van der Waals surface area contributed by atoms with Crippen LogP contribution in [0, 0.1) is 0 Å². The van der Waals surface area contributed by atoms with Crippen LogP contribution in [-0.4, -0.2) is 23.2 Å². The number of nitrogens with one attached hydrogen (secondary N) is 1. The summed E-state index contributed by atoms with van der Waals surface area (Å²) < 4.78 is 5.06. The number of ether oxygens (including phenoxy) is 1. The number of benzene rings is 2. The van der Waals surface area contributed by atoms with Gasteiger partial charge >= 0.3 is 0 Å². The fraction of sp³-hybridized carbons (Fsp3) is 0.118. The summed E-state index contributed by atoms with van der Waals surface area (Å²) in [6.07, 6.45) is 2.93. The van der Waals surface area contributed by atoms with Gasteiger partial charge in [-0.05, 0) is 41.5 Å². The Bertz CT molecular complexity index is 678. The normalized spacial score (nSPS) is 10.6. The van der Waals surface area contributed by atoms with Gasteiger partial charge in [0.05, 0.1) is 7.11 Å². The molecule has 0 aliphatic carbocycles. The Hall–Kier alpha value is -2.95. The largest absolute Gasteiger partial charge is 0.504 e. The van der Waals surface area contributed by atoms with E-state index in [4.69, 9.17) is 4.74 Å². The van der Waals surface area contributed by atoms with Gasteiger partial charge in [-0.1, -0.05) is 18.2 Å². The van der Waals surface area contributed by atoms with Crippen molar-refractivity contribution in [2.24, 2.45) is 0 Å². The SMILES string of the molecule is COc1ccc(CNC(=O)/C=C/c2ccc(O)c(O)c2)cc1. The molecular formula is C17H17NO4. The van der Waals surface area contributed by atoms with E-state index in [-0.39, 0.29) is 17.4 Å². The summed E-state index contributed by atoms with van der Waals surface area (Å²) in [5.74, 6) is 0.104. The molecule has 0 saturated carbocycles. The third-order valence-corrected chi connectivity index (χ3v) is 3.05. The molecule has 1 amide bonds. The molecule has 22 heavy (non-hydrogen) atoms. The van der Waals surface area contributed by atoms with Crippen molar-refractivity contribution < 1.29 is 19.7 Å². The van der Waals surface area contributed by atoms with E-state index in [0.717, 1.165) is 11.3 Å². The number of aromatic hydroxyl groups is 2. The predicted octanol–water partition coefficient (Wildman–Crippen LogP) is 2.44. The maximum Gasteiger partial charge on any atom is 0.244 e. The minimum absolute atomic E-state index is 0.193. The molecule has 0 bridgehead atoms. The highest BCUT2D eigenvalue weighted by Crippen LogP contribution is 2.25. The molecule has 114 valence electrons. The second-order valence-corrected chi connectivity index (χ2v) is 4.65. The van der Waals surface area contributed by atoms with E-state index in [1.165, 1.54) is 18.2 Å². The molecule has 0 unspecified atom stereocenters. The average Bonchev–Trinajstić information content (AvgIpc) is 2.54. The topological polar surface area (TPSA) is 78.8 Å². The second kappa shape index (κ2) is 7.17. The lowest BCUT2D eigenvalue weighted by molar-refractivity contribution is -0.116. The van der Waals surface area contributed by atoms with Crippen LogP contribution in [-0.2, 0) is 11.3 Å². The maximum atomic E-state index is 11.7. The molecule has 0 aromatic heterocycles. The highest BCUT2D eigenvalue weighted by Gasteiger charge is 2.00. The number of hydrogen-bond acceptors (Lipinski definition) is 4. The summed E-state index contributed by atoms with van der Waals surface area (Å²) in [4.78, 5) is 11.7. The van der Waals surface area contributed by atoms with Gasteiger partial charge in [-0.2, -0.15) is 0 Å². The van der Waals surface area contributed by atoms with Crippen LogP contribution in [0.4, 0.5) is 0 Å². The molecule has 2 aromatic rings. The van der Waals surface area contributed by atoms with Gasteiger partial charge in [-0.3, -0.25) is 4.79 Å². The van der Waals surface area contributed by atoms with E-state index < -0.39 is 0 Å². The third-order valence-electron chi connectivity index (χ3n) is 3.05. The summed E-state index contributed by atoms with van der Waals surface area (Å²) in [7, 11) is 1.60. The molecule has 0 aliphatic rings. The number of carbonyl (C=O) groups excluding carboxylic acids is 1. The minimum Gasteiger partial charge on any atom is -0.504 e. The van der Waals surface area contributed by atoms with Crippen LogP contribution < -0.4 is 10.1 Å². The number of carbonyl (C=O) groups is 1. The number of phenols is 2. The quantitative estimate of drug-likeness (QED) is 0.585. The number of rotatable bonds is 5. The molecule has 3 N–H and O–H groups in total. The summed E-state index contributed by atoms with van der Waals surface area (Å²) in [6.45, 7) is 0.411. The van der Waals surface area contributed by atoms with E-state index in [1.807, 2.05) is 24.3 Å². The van der Waals surface area contributed by atoms with Crippen LogP contribution in [0.5, 0.6) is 17.2 Å². The molecule has 0 spiro atoms. The molecule has 0 saturated heterocycles. The molecule has 0 aliphatic heterocycles. The summed E-state index contributed by atoms with van der Waals surface area (Å²) >= 11 is 0.